The van der Waals surface area contributed by atoms with E-state index in [1.807, 2.05) is 12.1 Å². The minimum atomic E-state index is 0.0891. The summed E-state index contributed by atoms with van der Waals surface area (Å²) < 4.78 is 1.22. The summed E-state index contributed by atoms with van der Waals surface area (Å²) in [4.78, 5) is 1.15. The molecular formula is C15H16ClNS. The van der Waals surface area contributed by atoms with Crippen molar-refractivity contribution in [2.75, 3.05) is 0 Å². The number of nitrogens with one attached hydrogen (secondary N) is 1. The second kappa shape index (κ2) is 5.75. The molecule has 0 radical (unpaired) electrons. The highest BCUT2D eigenvalue weighted by molar-refractivity contribution is 7.19. The highest BCUT2D eigenvalue weighted by Crippen LogP contribution is 2.35. The summed E-state index contributed by atoms with van der Waals surface area (Å²) in [5.74, 6) is 3.19. The zero-order chi connectivity index (χ0) is 13.1. The average molecular weight is 278 g/mol. The molecule has 0 spiro atoms. The third kappa shape index (κ3) is 2.70. The molecule has 2 rings (SSSR count). The van der Waals surface area contributed by atoms with Gasteiger partial charge in [0.05, 0.1) is 11.1 Å². The van der Waals surface area contributed by atoms with Gasteiger partial charge in [0.2, 0.25) is 0 Å². The van der Waals surface area contributed by atoms with E-state index in [-0.39, 0.29) is 6.04 Å². The molecule has 1 aromatic heterocycles. The van der Waals surface area contributed by atoms with Crippen molar-refractivity contribution in [3.05, 3.63) is 34.2 Å². The SMILES string of the molecule is C#CC(NCc1sc2ccccc2c1Cl)C(C)C. The first kappa shape index (κ1) is 13.4. The number of hydrogen-bond donors (Lipinski definition) is 1. The molecule has 1 nitrogen and oxygen atoms in total. The summed E-state index contributed by atoms with van der Waals surface area (Å²) in [6, 6.07) is 8.28. The summed E-state index contributed by atoms with van der Waals surface area (Å²) in [5.41, 5.74) is 0. The molecule has 1 atom stereocenters. The molecule has 1 unspecified atom stereocenters. The predicted octanol–water partition coefficient (Wildman–Crippen LogP) is 4.30. The molecule has 0 aliphatic heterocycles. The van der Waals surface area contributed by atoms with Gasteiger partial charge in [-0.15, -0.1) is 17.8 Å². The normalized spacial score (nSPS) is 12.8. The fraction of sp³-hybridized carbons (Fsp3) is 0.333. The zero-order valence-electron chi connectivity index (χ0n) is 10.5. The number of rotatable bonds is 4. The maximum Gasteiger partial charge on any atom is 0.0713 e. The van der Waals surface area contributed by atoms with Gasteiger partial charge in [-0.3, -0.25) is 5.32 Å². The highest BCUT2D eigenvalue weighted by atomic mass is 35.5. The van der Waals surface area contributed by atoms with E-state index in [0.717, 1.165) is 21.8 Å². The molecule has 2 aromatic rings. The first-order chi connectivity index (χ1) is 8.63. The first-order valence-electron chi connectivity index (χ1n) is 5.99. The van der Waals surface area contributed by atoms with Crippen LogP contribution in [0.1, 0.15) is 18.7 Å². The lowest BCUT2D eigenvalue weighted by Gasteiger charge is -2.15. The van der Waals surface area contributed by atoms with E-state index in [4.69, 9.17) is 18.0 Å². The van der Waals surface area contributed by atoms with Crippen molar-refractivity contribution in [2.24, 2.45) is 5.92 Å². The molecule has 0 bridgehead atoms. The van der Waals surface area contributed by atoms with Crippen molar-refractivity contribution in [3.63, 3.8) is 0 Å². The van der Waals surface area contributed by atoms with Gasteiger partial charge in [0.1, 0.15) is 0 Å². The molecule has 0 aliphatic rings. The summed E-state index contributed by atoms with van der Waals surface area (Å²) >= 11 is 8.11. The van der Waals surface area contributed by atoms with Crippen molar-refractivity contribution in [1.82, 2.24) is 5.32 Å². The molecule has 1 heterocycles. The number of hydrogen-bond acceptors (Lipinski definition) is 2. The van der Waals surface area contributed by atoms with E-state index in [1.165, 1.54) is 4.70 Å². The molecule has 0 saturated carbocycles. The Morgan fingerprint density at radius 2 is 2.11 bits per heavy atom. The Bertz CT molecular complexity index is 580. The van der Waals surface area contributed by atoms with Crippen molar-refractivity contribution in [3.8, 4) is 12.3 Å². The van der Waals surface area contributed by atoms with E-state index in [2.05, 4.69) is 37.2 Å². The molecule has 3 heteroatoms. The smallest absolute Gasteiger partial charge is 0.0713 e. The Labute approximate surface area is 117 Å². The summed E-state index contributed by atoms with van der Waals surface area (Å²) in [5, 5.41) is 5.35. The fourth-order valence-corrected chi connectivity index (χ4v) is 3.32. The third-order valence-corrected chi connectivity index (χ3v) is 4.64. The van der Waals surface area contributed by atoms with Crippen molar-refractivity contribution < 1.29 is 0 Å². The first-order valence-corrected chi connectivity index (χ1v) is 7.18. The van der Waals surface area contributed by atoms with Crippen LogP contribution in [0.15, 0.2) is 24.3 Å². The Hall–Kier alpha value is -1.01. The Kier molecular flexibility index (Phi) is 4.29. The predicted molar refractivity (Wildman–Crippen MR) is 81.1 cm³/mol. The third-order valence-electron chi connectivity index (χ3n) is 2.93. The minimum Gasteiger partial charge on any atom is -0.298 e. The second-order valence-corrected chi connectivity index (χ2v) is 6.12. The van der Waals surface area contributed by atoms with Gasteiger partial charge in [0, 0.05) is 21.5 Å². The van der Waals surface area contributed by atoms with Crippen LogP contribution >= 0.6 is 22.9 Å². The van der Waals surface area contributed by atoms with Crippen molar-refractivity contribution >= 4 is 33.0 Å². The van der Waals surface area contributed by atoms with Gasteiger partial charge in [-0.05, 0) is 12.0 Å². The van der Waals surface area contributed by atoms with Crippen molar-refractivity contribution in [2.45, 2.75) is 26.4 Å². The topological polar surface area (TPSA) is 12.0 Å². The Morgan fingerprint density at radius 3 is 2.72 bits per heavy atom. The number of halogens is 1. The molecule has 18 heavy (non-hydrogen) atoms. The van der Waals surface area contributed by atoms with Gasteiger partial charge >= 0.3 is 0 Å². The highest BCUT2D eigenvalue weighted by Gasteiger charge is 2.13. The van der Waals surface area contributed by atoms with Crippen molar-refractivity contribution in [1.29, 1.82) is 0 Å². The maximum absolute atomic E-state index is 6.38. The van der Waals surface area contributed by atoms with Gasteiger partial charge in [-0.2, -0.15) is 0 Å². The molecule has 1 aromatic carbocycles. The van der Waals surface area contributed by atoms with Gasteiger partial charge < -0.3 is 0 Å². The largest absolute Gasteiger partial charge is 0.298 e. The van der Waals surface area contributed by atoms with Crippen LogP contribution in [-0.2, 0) is 6.54 Å². The molecule has 0 aliphatic carbocycles. The van der Waals surface area contributed by atoms with Crippen LogP contribution in [0.3, 0.4) is 0 Å². The van der Waals surface area contributed by atoms with Crippen LogP contribution in [0.25, 0.3) is 10.1 Å². The van der Waals surface area contributed by atoms with Crippen LogP contribution in [0, 0.1) is 18.3 Å². The Balaban J connectivity index is 2.18. The van der Waals surface area contributed by atoms with E-state index < -0.39 is 0 Å². The summed E-state index contributed by atoms with van der Waals surface area (Å²) in [6.07, 6.45) is 5.51. The fourth-order valence-electron chi connectivity index (χ4n) is 1.87. The number of benzene rings is 1. The van der Waals surface area contributed by atoms with E-state index in [0.29, 0.717) is 5.92 Å². The number of thiophene rings is 1. The van der Waals surface area contributed by atoms with Crippen LogP contribution in [0.2, 0.25) is 5.02 Å². The zero-order valence-corrected chi connectivity index (χ0v) is 12.1. The lowest BCUT2D eigenvalue weighted by molar-refractivity contribution is 0.478. The molecule has 0 saturated heterocycles. The molecular weight excluding hydrogens is 262 g/mol. The van der Waals surface area contributed by atoms with Gasteiger partial charge in [0.15, 0.2) is 0 Å². The van der Waals surface area contributed by atoms with Crippen LogP contribution in [0.4, 0.5) is 0 Å². The quantitative estimate of drug-likeness (QED) is 0.822. The monoisotopic (exact) mass is 277 g/mol. The minimum absolute atomic E-state index is 0.0891. The lowest BCUT2D eigenvalue weighted by atomic mass is 10.1. The van der Waals surface area contributed by atoms with E-state index >= 15 is 0 Å². The van der Waals surface area contributed by atoms with Crippen LogP contribution in [-0.4, -0.2) is 6.04 Å². The second-order valence-electron chi connectivity index (χ2n) is 4.60. The van der Waals surface area contributed by atoms with Gasteiger partial charge in [-0.1, -0.05) is 49.6 Å². The Morgan fingerprint density at radius 1 is 1.39 bits per heavy atom. The van der Waals surface area contributed by atoms with Crippen LogP contribution < -0.4 is 5.32 Å². The molecule has 1 N–H and O–H groups in total. The molecule has 0 amide bonds. The van der Waals surface area contributed by atoms with Gasteiger partial charge in [0.25, 0.3) is 0 Å². The summed E-state index contributed by atoms with van der Waals surface area (Å²) in [7, 11) is 0. The van der Waals surface area contributed by atoms with Crippen LogP contribution in [0.5, 0.6) is 0 Å². The summed E-state index contributed by atoms with van der Waals surface area (Å²) in [6.45, 7) is 4.96. The average Bonchev–Trinajstić information content (AvgIpc) is 2.67. The van der Waals surface area contributed by atoms with Gasteiger partial charge in [-0.25, -0.2) is 0 Å². The van der Waals surface area contributed by atoms with E-state index in [9.17, 15) is 0 Å². The number of terminal acetylenes is 1. The maximum atomic E-state index is 6.38. The standard InChI is InChI=1S/C15H16ClNS/c1-4-12(10(2)3)17-9-14-15(16)11-7-5-6-8-13(11)18-14/h1,5-8,10,12,17H,9H2,2-3H3. The lowest BCUT2D eigenvalue weighted by Crippen LogP contribution is -2.31. The number of fused-ring (bicyclic) bond motifs is 1. The van der Waals surface area contributed by atoms with E-state index in [1.54, 1.807) is 11.3 Å². The molecule has 0 fully saturated rings. The molecule has 94 valence electrons.